The van der Waals surface area contributed by atoms with Crippen molar-refractivity contribution < 1.29 is 4.79 Å². The van der Waals surface area contributed by atoms with Crippen molar-refractivity contribution >= 4 is 16.8 Å². The third-order valence-corrected chi connectivity index (χ3v) is 4.76. The zero-order valence-electron chi connectivity index (χ0n) is 16.3. The fraction of sp³-hybridized carbons (Fsp3) is 0.167. The molecule has 2 N–H and O–H groups in total. The predicted octanol–water partition coefficient (Wildman–Crippen LogP) is 5.43. The van der Waals surface area contributed by atoms with E-state index < -0.39 is 0 Å². The molecule has 1 aromatic carbocycles. The van der Waals surface area contributed by atoms with Crippen LogP contribution >= 0.6 is 0 Å². The monoisotopic (exact) mass is 371 g/mol. The van der Waals surface area contributed by atoms with E-state index in [1.54, 1.807) is 12.4 Å². The number of amides is 1. The van der Waals surface area contributed by atoms with Crippen LogP contribution in [0.5, 0.6) is 0 Å². The molecule has 28 heavy (non-hydrogen) atoms. The number of benzene rings is 1. The summed E-state index contributed by atoms with van der Waals surface area (Å²) in [6, 6.07) is 9.70. The molecule has 0 aliphatic carbocycles. The highest BCUT2D eigenvalue weighted by atomic mass is 16.1. The largest absolute Gasteiger partial charge is 0.360 e. The Labute approximate surface area is 165 Å². The lowest BCUT2D eigenvalue weighted by molar-refractivity contribution is 0.0959. The van der Waals surface area contributed by atoms with Gasteiger partial charge in [0.1, 0.15) is 0 Å². The zero-order valence-corrected chi connectivity index (χ0v) is 16.3. The van der Waals surface area contributed by atoms with Crippen LogP contribution in [0.15, 0.2) is 84.9 Å². The Hall–Kier alpha value is -3.40. The first-order valence-corrected chi connectivity index (χ1v) is 9.43. The fourth-order valence-corrected chi connectivity index (χ4v) is 2.99. The number of aromatic amines is 1. The van der Waals surface area contributed by atoms with E-state index >= 15 is 0 Å². The van der Waals surface area contributed by atoms with Crippen molar-refractivity contribution in [1.82, 2.24) is 15.3 Å². The summed E-state index contributed by atoms with van der Waals surface area (Å²) in [5.74, 6) is -0.101. The Morgan fingerprint density at radius 2 is 2.00 bits per heavy atom. The van der Waals surface area contributed by atoms with Crippen molar-refractivity contribution in [3.05, 3.63) is 90.4 Å². The van der Waals surface area contributed by atoms with Crippen LogP contribution < -0.4 is 5.32 Å². The lowest BCUT2D eigenvalue weighted by Gasteiger charge is -2.08. The number of nitrogens with one attached hydrogen (secondary N) is 2. The number of H-pyrrole nitrogens is 1. The molecule has 0 spiro atoms. The fourth-order valence-electron chi connectivity index (χ4n) is 2.99. The number of pyridine rings is 1. The predicted molar refractivity (Wildman–Crippen MR) is 116 cm³/mol. The molecule has 2 aromatic heterocycles. The van der Waals surface area contributed by atoms with Gasteiger partial charge in [-0.15, -0.1) is 0 Å². The smallest absolute Gasteiger partial charge is 0.253 e. The number of nitrogens with zero attached hydrogens (tertiary/aromatic N) is 1. The quantitative estimate of drug-likeness (QED) is 0.544. The van der Waals surface area contributed by atoms with E-state index in [1.165, 1.54) is 0 Å². The number of carbonyl (C=O) groups is 1. The molecule has 0 bridgehead atoms. The van der Waals surface area contributed by atoms with Crippen molar-refractivity contribution in [2.45, 2.75) is 20.3 Å². The molecule has 142 valence electrons. The van der Waals surface area contributed by atoms with Gasteiger partial charge in [-0.25, -0.2) is 0 Å². The number of hydrogen-bond donors (Lipinski definition) is 2. The molecule has 0 atom stereocenters. The van der Waals surface area contributed by atoms with Crippen molar-refractivity contribution in [2.75, 3.05) is 6.54 Å². The van der Waals surface area contributed by atoms with Crippen molar-refractivity contribution in [3.63, 3.8) is 0 Å². The molecule has 0 saturated carbocycles. The maximum absolute atomic E-state index is 12.8. The van der Waals surface area contributed by atoms with Crippen molar-refractivity contribution in [2.24, 2.45) is 0 Å². The van der Waals surface area contributed by atoms with Crippen molar-refractivity contribution in [3.8, 4) is 11.1 Å². The molecule has 0 aliphatic heterocycles. The van der Waals surface area contributed by atoms with E-state index in [-0.39, 0.29) is 5.91 Å². The zero-order chi connectivity index (χ0) is 19.9. The second-order valence-corrected chi connectivity index (χ2v) is 6.56. The number of hydrogen-bond acceptors (Lipinski definition) is 2. The Kier molecular flexibility index (Phi) is 6.22. The Bertz CT molecular complexity index is 1040. The van der Waals surface area contributed by atoms with Gasteiger partial charge in [0.05, 0.1) is 11.1 Å². The SMILES string of the molecule is C=C(/C=C\C(=C/C)CNC(=O)c1cccc2c(-c3ccncc3)c[nH]c12)CC. The third-order valence-electron chi connectivity index (χ3n) is 4.76. The molecule has 4 nitrogen and oxygen atoms in total. The lowest BCUT2D eigenvalue weighted by atomic mass is 10.0. The number of carbonyl (C=O) groups excluding carboxylic acids is 1. The minimum atomic E-state index is -0.101. The van der Waals surface area contributed by atoms with Crippen LogP contribution in [0.4, 0.5) is 0 Å². The molecular formula is C24H25N3O. The number of aromatic nitrogens is 2. The molecule has 0 unspecified atom stereocenters. The number of para-hydroxylation sites is 1. The highest BCUT2D eigenvalue weighted by Crippen LogP contribution is 2.29. The molecule has 3 aromatic rings. The van der Waals surface area contributed by atoms with Gasteiger partial charge in [-0.1, -0.05) is 49.4 Å². The van der Waals surface area contributed by atoms with Gasteiger partial charge in [0, 0.05) is 36.1 Å². The summed E-state index contributed by atoms with van der Waals surface area (Å²) in [6.07, 6.45) is 12.4. The minimum absolute atomic E-state index is 0.101. The highest BCUT2D eigenvalue weighted by molar-refractivity contribution is 6.09. The molecule has 0 fully saturated rings. The normalized spacial score (nSPS) is 11.9. The van der Waals surface area contributed by atoms with Gasteiger partial charge in [0.2, 0.25) is 0 Å². The van der Waals surface area contributed by atoms with Gasteiger partial charge in [-0.05, 0) is 42.7 Å². The van der Waals surface area contributed by atoms with Gasteiger partial charge >= 0.3 is 0 Å². The summed E-state index contributed by atoms with van der Waals surface area (Å²) in [5, 5.41) is 4.03. The van der Waals surface area contributed by atoms with Crippen LogP contribution in [-0.2, 0) is 0 Å². The average molecular weight is 371 g/mol. The van der Waals surface area contributed by atoms with Gasteiger partial charge in [0.15, 0.2) is 0 Å². The Morgan fingerprint density at radius 1 is 1.21 bits per heavy atom. The van der Waals surface area contributed by atoms with Crippen LogP contribution in [-0.4, -0.2) is 22.4 Å². The van der Waals surface area contributed by atoms with E-state index in [0.29, 0.717) is 12.1 Å². The first-order valence-electron chi connectivity index (χ1n) is 9.43. The highest BCUT2D eigenvalue weighted by Gasteiger charge is 2.14. The van der Waals surface area contributed by atoms with Crippen LogP contribution in [0.2, 0.25) is 0 Å². The molecule has 0 saturated heterocycles. The van der Waals surface area contributed by atoms with Crippen LogP contribution in [0, 0.1) is 0 Å². The molecule has 1 amide bonds. The summed E-state index contributed by atoms with van der Waals surface area (Å²) in [6.45, 7) is 8.48. The summed E-state index contributed by atoms with van der Waals surface area (Å²) >= 11 is 0. The van der Waals surface area contributed by atoms with Gasteiger partial charge in [-0.2, -0.15) is 0 Å². The summed E-state index contributed by atoms with van der Waals surface area (Å²) in [4.78, 5) is 20.1. The first kappa shape index (κ1) is 19.4. The Morgan fingerprint density at radius 3 is 2.71 bits per heavy atom. The van der Waals surface area contributed by atoms with Gasteiger partial charge in [0.25, 0.3) is 5.91 Å². The van der Waals surface area contributed by atoms with Gasteiger partial charge < -0.3 is 10.3 Å². The standard InChI is InChI=1S/C24H25N3O/c1-4-17(3)9-10-18(5-2)15-27-24(28)21-8-6-7-20-22(16-26-23(20)21)19-11-13-25-14-12-19/h5-14,16,26H,3-4,15H2,1-2H3,(H,27,28)/b10-9-,18-5+. The minimum Gasteiger partial charge on any atom is -0.360 e. The molecule has 3 rings (SSSR count). The van der Waals surface area contributed by atoms with E-state index in [0.717, 1.165) is 39.6 Å². The number of fused-ring (bicyclic) bond motifs is 1. The first-order chi connectivity index (χ1) is 13.6. The summed E-state index contributed by atoms with van der Waals surface area (Å²) in [7, 11) is 0. The van der Waals surface area contributed by atoms with E-state index in [2.05, 4.69) is 28.8 Å². The summed E-state index contributed by atoms with van der Waals surface area (Å²) < 4.78 is 0. The van der Waals surface area contributed by atoms with Crippen LogP contribution in [0.25, 0.3) is 22.0 Å². The van der Waals surface area contributed by atoms with Crippen LogP contribution in [0.3, 0.4) is 0 Å². The van der Waals surface area contributed by atoms with E-state index in [9.17, 15) is 4.79 Å². The average Bonchev–Trinajstić information content (AvgIpc) is 3.18. The molecule has 0 radical (unpaired) electrons. The molecule has 2 heterocycles. The van der Waals surface area contributed by atoms with E-state index in [1.807, 2.05) is 61.7 Å². The third kappa shape index (κ3) is 4.29. The number of rotatable bonds is 7. The maximum atomic E-state index is 12.8. The van der Waals surface area contributed by atoms with Gasteiger partial charge in [-0.3, -0.25) is 9.78 Å². The van der Waals surface area contributed by atoms with E-state index in [4.69, 9.17) is 0 Å². The molecular weight excluding hydrogens is 346 g/mol. The second-order valence-electron chi connectivity index (χ2n) is 6.56. The van der Waals surface area contributed by atoms with Crippen molar-refractivity contribution in [1.29, 1.82) is 0 Å². The number of allylic oxidation sites excluding steroid dienone is 3. The molecule has 4 heteroatoms. The molecule has 0 aliphatic rings. The Balaban J connectivity index is 1.80. The topological polar surface area (TPSA) is 57.8 Å². The second kappa shape index (κ2) is 9.00. The maximum Gasteiger partial charge on any atom is 0.253 e. The lowest BCUT2D eigenvalue weighted by Crippen LogP contribution is -2.25. The summed E-state index contributed by atoms with van der Waals surface area (Å²) in [5.41, 5.74) is 5.70. The van der Waals surface area contributed by atoms with Crippen LogP contribution in [0.1, 0.15) is 30.6 Å².